The Morgan fingerprint density at radius 1 is 0.677 bits per heavy atom. The van der Waals surface area contributed by atoms with Crippen molar-refractivity contribution in [3.05, 3.63) is 11.6 Å². The second-order valence-corrected chi connectivity index (χ2v) is 9.54. The molecule has 0 aliphatic carbocycles. The number of carbonyl (C=O) groups is 1. The van der Waals surface area contributed by atoms with E-state index >= 15 is 0 Å². The maximum absolute atomic E-state index is 11.7. The van der Waals surface area contributed by atoms with Gasteiger partial charge in [-0.15, -0.1) is 0 Å². The van der Waals surface area contributed by atoms with Gasteiger partial charge in [-0.1, -0.05) is 135 Å². The summed E-state index contributed by atoms with van der Waals surface area (Å²) in [7, 11) is 0. The molecule has 2 N–H and O–H groups in total. The van der Waals surface area contributed by atoms with Crippen LogP contribution in [-0.4, -0.2) is 17.2 Å². The van der Waals surface area contributed by atoms with Gasteiger partial charge in [-0.3, -0.25) is 4.79 Å². The second-order valence-electron chi connectivity index (χ2n) is 9.54. The number of rotatable bonds is 23. The molecule has 0 aliphatic rings. The summed E-state index contributed by atoms with van der Waals surface area (Å²) in [4.78, 5) is 11.7. The molecular formula is C28H55NO2. The maximum Gasteiger partial charge on any atom is 0.248 e. The van der Waals surface area contributed by atoms with Crippen LogP contribution in [0.25, 0.3) is 0 Å². The Balaban J connectivity index is 3.21. The van der Waals surface area contributed by atoms with Gasteiger partial charge in [0.05, 0.1) is 0 Å². The number of carbonyl (C=O) groups excluding carboxylic acids is 1. The van der Waals surface area contributed by atoms with E-state index in [9.17, 15) is 4.79 Å². The van der Waals surface area contributed by atoms with E-state index in [-0.39, 0.29) is 5.91 Å². The van der Waals surface area contributed by atoms with Crippen LogP contribution in [0.3, 0.4) is 0 Å². The summed E-state index contributed by atoms with van der Waals surface area (Å²) in [6, 6.07) is 0. The van der Waals surface area contributed by atoms with E-state index in [0.29, 0.717) is 5.57 Å². The highest BCUT2D eigenvalue weighted by Gasteiger charge is 2.05. The van der Waals surface area contributed by atoms with Crippen LogP contribution < -0.4 is 5.32 Å². The first-order chi connectivity index (χ1) is 15.1. The highest BCUT2D eigenvalue weighted by Crippen LogP contribution is 2.15. The largest absolute Gasteiger partial charge is 0.374 e. The zero-order valence-corrected chi connectivity index (χ0v) is 21.4. The van der Waals surface area contributed by atoms with Gasteiger partial charge in [0.15, 0.2) is 0 Å². The topological polar surface area (TPSA) is 49.3 Å². The average Bonchev–Trinajstić information content (AvgIpc) is 2.74. The van der Waals surface area contributed by atoms with Crippen molar-refractivity contribution in [2.24, 2.45) is 0 Å². The lowest BCUT2D eigenvalue weighted by Gasteiger charge is -2.07. The van der Waals surface area contributed by atoms with Gasteiger partial charge in [-0.25, -0.2) is 0 Å². The molecule has 0 spiro atoms. The van der Waals surface area contributed by atoms with Gasteiger partial charge in [-0.05, 0) is 26.7 Å². The Kier molecular flexibility index (Phi) is 23.2. The first-order valence-corrected chi connectivity index (χ1v) is 13.7. The van der Waals surface area contributed by atoms with E-state index in [1.807, 2.05) is 13.0 Å². The number of allylic oxidation sites excluding steroid dienone is 1. The summed E-state index contributed by atoms with van der Waals surface area (Å²) in [6.07, 6.45) is 30.1. The van der Waals surface area contributed by atoms with E-state index in [0.717, 1.165) is 12.8 Å². The van der Waals surface area contributed by atoms with Crippen molar-refractivity contribution in [2.45, 2.75) is 162 Å². The Hall–Kier alpha value is -0.830. The normalized spacial score (nSPS) is 12.8. The molecule has 0 fully saturated rings. The van der Waals surface area contributed by atoms with Gasteiger partial charge in [-0.2, -0.15) is 0 Å². The molecule has 1 atom stereocenters. The van der Waals surface area contributed by atoms with E-state index in [2.05, 4.69) is 12.2 Å². The van der Waals surface area contributed by atoms with Crippen molar-refractivity contribution < 1.29 is 9.90 Å². The van der Waals surface area contributed by atoms with Crippen molar-refractivity contribution in [1.82, 2.24) is 5.32 Å². The van der Waals surface area contributed by atoms with Crippen LogP contribution in [-0.2, 0) is 4.79 Å². The second kappa shape index (κ2) is 23.8. The van der Waals surface area contributed by atoms with Crippen molar-refractivity contribution in [1.29, 1.82) is 0 Å². The van der Waals surface area contributed by atoms with Crippen LogP contribution in [0.15, 0.2) is 11.6 Å². The first-order valence-electron chi connectivity index (χ1n) is 13.7. The molecule has 0 heterocycles. The molecule has 0 aromatic heterocycles. The molecule has 3 heteroatoms. The smallest absolute Gasteiger partial charge is 0.248 e. The lowest BCUT2D eigenvalue weighted by molar-refractivity contribution is -0.120. The number of amides is 1. The summed E-state index contributed by atoms with van der Waals surface area (Å²) in [5, 5.41) is 11.7. The van der Waals surface area contributed by atoms with Crippen LogP contribution in [0.4, 0.5) is 0 Å². The zero-order chi connectivity index (χ0) is 23.0. The zero-order valence-electron chi connectivity index (χ0n) is 21.4. The van der Waals surface area contributed by atoms with Gasteiger partial charge >= 0.3 is 0 Å². The third kappa shape index (κ3) is 23.7. The molecule has 0 rings (SSSR count). The fourth-order valence-corrected chi connectivity index (χ4v) is 4.11. The fraction of sp³-hybridized carbons (Fsp3) is 0.893. The van der Waals surface area contributed by atoms with Crippen LogP contribution in [0.2, 0.25) is 0 Å². The van der Waals surface area contributed by atoms with Gasteiger partial charge in [0.2, 0.25) is 5.91 Å². The molecule has 1 unspecified atom stereocenters. The highest BCUT2D eigenvalue weighted by atomic mass is 16.3. The van der Waals surface area contributed by atoms with E-state index < -0.39 is 6.23 Å². The van der Waals surface area contributed by atoms with E-state index in [4.69, 9.17) is 5.11 Å². The standard InChI is InChI=1S/C28H55NO2/c1-4-5-6-7-8-9-10-11-12-13-14-15-16-17-18-19-20-21-22-23-24-25-26(2)28(31)29-27(3)30/h25,27,30H,4-24H2,1-3H3,(H,29,31). The number of hydrogen-bond donors (Lipinski definition) is 2. The number of hydrogen-bond acceptors (Lipinski definition) is 2. The number of unbranched alkanes of at least 4 members (excludes halogenated alkanes) is 20. The molecule has 0 saturated carbocycles. The van der Waals surface area contributed by atoms with Crippen LogP contribution >= 0.6 is 0 Å². The summed E-state index contributed by atoms with van der Waals surface area (Å²) < 4.78 is 0. The Morgan fingerprint density at radius 2 is 1.00 bits per heavy atom. The molecule has 0 aromatic carbocycles. The maximum atomic E-state index is 11.7. The summed E-state index contributed by atoms with van der Waals surface area (Å²) >= 11 is 0. The molecule has 3 nitrogen and oxygen atoms in total. The highest BCUT2D eigenvalue weighted by molar-refractivity contribution is 5.92. The van der Waals surface area contributed by atoms with Crippen molar-refractivity contribution in [3.8, 4) is 0 Å². The summed E-state index contributed by atoms with van der Waals surface area (Å²) in [6.45, 7) is 5.66. The number of aliphatic hydroxyl groups is 1. The monoisotopic (exact) mass is 437 g/mol. The fourth-order valence-electron chi connectivity index (χ4n) is 4.11. The lowest BCUT2D eigenvalue weighted by atomic mass is 10.0. The van der Waals surface area contributed by atoms with Crippen LogP contribution in [0, 0.1) is 0 Å². The van der Waals surface area contributed by atoms with Crippen molar-refractivity contribution in [2.75, 3.05) is 0 Å². The molecule has 0 aromatic rings. The number of nitrogens with one attached hydrogen (secondary N) is 1. The minimum absolute atomic E-state index is 0.164. The van der Waals surface area contributed by atoms with Crippen LogP contribution in [0.5, 0.6) is 0 Å². The lowest BCUT2D eigenvalue weighted by Crippen LogP contribution is -2.32. The molecule has 0 aliphatic heterocycles. The van der Waals surface area contributed by atoms with Gasteiger partial charge in [0.1, 0.15) is 6.23 Å². The third-order valence-electron chi connectivity index (χ3n) is 6.21. The Labute approximate surface area is 194 Å². The van der Waals surface area contributed by atoms with Crippen molar-refractivity contribution >= 4 is 5.91 Å². The molecule has 0 bridgehead atoms. The van der Waals surface area contributed by atoms with E-state index in [1.165, 1.54) is 122 Å². The molecule has 0 saturated heterocycles. The third-order valence-corrected chi connectivity index (χ3v) is 6.21. The average molecular weight is 438 g/mol. The van der Waals surface area contributed by atoms with Crippen LogP contribution in [0.1, 0.15) is 156 Å². The van der Waals surface area contributed by atoms with E-state index in [1.54, 1.807) is 6.92 Å². The van der Waals surface area contributed by atoms with Gasteiger partial charge < -0.3 is 10.4 Å². The number of aliphatic hydroxyl groups excluding tert-OH is 1. The Morgan fingerprint density at radius 3 is 1.32 bits per heavy atom. The quantitative estimate of drug-likeness (QED) is 0.0954. The van der Waals surface area contributed by atoms with Crippen molar-refractivity contribution in [3.63, 3.8) is 0 Å². The summed E-state index contributed by atoms with van der Waals surface area (Å²) in [5.41, 5.74) is 0.707. The summed E-state index contributed by atoms with van der Waals surface area (Å²) in [5.74, 6) is -0.164. The van der Waals surface area contributed by atoms with Gasteiger partial charge in [0, 0.05) is 5.57 Å². The predicted molar refractivity (Wildman–Crippen MR) is 136 cm³/mol. The SMILES string of the molecule is CCCCCCCCCCCCCCCCCCCCCCC=C(C)C(=O)NC(C)O. The molecule has 0 radical (unpaired) electrons. The molecule has 31 heavy (non-hydrogen) atoms. The molecule has 1 amide bonds. The first kappa shape index (κ1) is 30.2. The van der Waals surface area contributed by atoms with Gasteiger partial charge in [0.25, 0.3) is 0 Å². The molecular weight excluding hydrogens is 382 g/mol. The minimum atomic E-state index is -0.782. The minimum Gasteiger partial charge on any atom is -0.374 e. The predicted octanol–water partition coefficient (Wildman–Crippen LogP) is 8.60. The molecule has 184 valence electrons. The Bertz CT molecular complexity index is 417.